The largest absolute Gasteiger partial charge is 0.492 e. The Hall–Kier alpha value is -3.06. The Morgan fingerprint density at radius 2 is 1.75 bits per heavy atom. The van der Waals surface area contributed by atoms with Gasteiger partial charge in [0.25, 0.3) is 11.8 Å². The molecule has 0 radical (unpaired) electrons. The van der Waals surface area contributed by atoms with Gasteiger partial charge in [-0.2, -0.15) is 0 Å². The average Bonchev–Trinajstić information content (AvgIpc) is 2.68. The maximum Gasteiger partial charge on any atom is 0.326 e. The third-order valence-electron chi connectivity index (χ3n) is 3.62. The molecular weight excluding hydrogens is 384 g/mol. The van der Waals surface area contributed by atoms with Crippen molar-refractivity contribution < 1.29 is 23.9 Å². The molecule has 0 unspecified atom stereocenters. The molecule has 1 atom stereocenters. The van der Waals surface area contributed by atoms with E-state index in [0.717, 1.165) is 0 Å². The van der Waals surface area contributed by atoms with Crippen molar-refractivity contribution in [3.63, 3.8) is 0 Å². The van der Waals surface area contributed by atoms with Gasteiger partial charge >= 0.3 is 5.97 Å². The Balaban J connectivity index is 1.83. The minimum absolute atomic E-state index is 0.357. The number of carbonyl (C=O) groups excluding carboxylic acids is 3. The molecule has 2 rings (SSSR count). The second kappa shape index (κ2) is 10.3. The van der Waals surface area contributed by atoms with Gasteiger partial charge in [0.15, 0.2) is 6.10 Å². The number of para-hydroxylation sites is 2. The molecule has 7 nitrogen and oxygen atoms in total. The molecule has 2 amide bonds. The van der Waals surface area contributed by atoms with Crippen molar-refractivity contribution in [3.8, 4) is 5.75 Å². The lowest BCUT2D eigenvalue weighted by atomic mass is 10.2. The molecule has 0 saturated carbocycles. The molecule has 2 N–H and O–H groups in total. The van der Waals surface area contributed by atoms with Gasteiger partial charge in [0, 0.05) is 10.6 Å². The Bertz CT molecular complexity index is 839. The van der Waals surface area contributed by atoms with Crippen molar-refractivity contribution in [1.82, 2.24) is 5.32 Å². The third kappa shape index (κ3) is 6.28. The molecule has 28 heavy (non-hydrogen) atoms. The molecule has 8 heteroatoms. The van der Waals surface area contributed by atoms with E-state index < -0.39 is 23.9 Å². The van der Waals surface area contributed by atoms with Crippen LogP contribution in [-0.4, -0.2) is 37.0 Å². The average molecular weight is 405 g/mol. The van der Waals surface area contributed by atoms with Crippen LogP contribution < -0.4 is 15.4 Å². The first-order chi connectivity index (χ1) is 13.4. The predicted octanol–water partition coefficient (Wildman–Crippen LogP) is 3.04. The Labute approximate surface area is 168 Å². The number of rotatable bonds is 8. The fraction of sp³-hybridized carbons (Fsp3) is 0.250. The fourth-order valence-corrected chi connectivity index (χ4v) is 2.36. The van der Waals surface area contributed by atoms with Gasteiger partial charge in [0.05, 0.1) is 12.3 Å². The predicted molar refractivity (Wildman–Crippen MR) is 106 cm³/mol. The van der Waals surface area contributed by atoms with Gasteiger partial charge in [-0.15, -0.1) is 0 Å². The zero-order chi connectivity index (χ0) is 20.5. The van der Waals surface area contributed by atoms with E-state index in [2.05, 4.69) is 10.6 Å². The summed E-state index contributed by atoms with van der Waals surface area (Å²) < 4.78 is 10.5. The second-order valence-electron chi connectivity index (χ2n) is 5.74. The van der Waals surface area contributed by atoms with Gasteiger partial charge in [0.1, 0.15) is 12.3 Å². The van der Waals surface area contributed by atoms with E-state index in [1.54, 1.807) is 36.4 Å². The quantitative estimate of drug-likeness (QED) is 0.659. The van der Waals surface area contributed by atoms with Crippen molar-refractivity contribution in [2.24, 2.45) is 0 Å². The highest BCUT2D eigenvalue weighted by atomic mass is 35.5. The van der Waals surface area contributed by atoms with E-state index in [4.69, 9.17) is 21.1 Å². The van der Waals surface area contributed by atoms with E-state index in [-0.39, 0.29) is 6.54 Å². The molecule has 0 aliphatic heterocycles. The van der Waals surface area contributed by atoms with Gasteiger partial charge in [-0.05, 0) is 50.2 Å². The first-order valence-corrected chi connectivity index (χ1v) is 9.04. The van der Waals surface area contributed by atoms with E-state index in [0.29, 0.717) is 28.6 Å². The lowest BCUT2D eigenvalue weighted by Gasteiger charge is -2.15. The minimum atomic E-state index is -1.05. The molecule has 0 spiro atoms. The number of hydrogen-bond acceptors (Lipinski definition) is 5. The summed E-state index contributed by atoms with van der Waals surface area (Å²) in [7, 11) is 0. The van der Waals surface area contributed by atoms with Gasteiger partial charge in [0.2, 0.25) is 0 Å². The number of ether oxygens (including phenoxy) is 2. The Morgan fingerprint density at radius 1 is 1.07 bits per heavy atom. The SMILES string of the molecule is CCOc1ccccc1NC(=O)[C@H](C)OC(=O)CNC(=O)c1ccc(Cl)cc1. The standard InChI is InChI=1S/C20H21ClN2O5/c1-3-27-17-7-5-4-6-16(17)23-19(25)13(2)28-18(24)12-22-20(26)14-8-10-15(21)11-9-14/h4-11,13H,3,12H2,1-2H3,(H,22,26)(H,23,25)/t13-/m0/s1. The van der Waals surface area contributed by atoms with Gasteiger partial charge in [-0.25, -0.2) is 0 Å². The summed E-state index contributed by atoms with van der Waals surface area (Å²) in [6.07, 6.45) is -1.05. The number of amides is 2. The number of anilines is 1. The molecule has 0 aliphatic rings. The summed E-state index contributed by atoms with van der Waals surface area (Å²) in [5.41, 5.74) is 0.837. The fourth-order valence-electron chi connectivity index (χ4n) is 2.23. The molecule has 0 saturated heterocycles. The zero-order valence-corrected chi connectivity index (χ0v) is 16.3. The van der Waals surface area contributed by atoms with Crippen LogP contribution in [-0.2, 0) is 14.3 Å². The van der Waals surface area contributed by atoms with Gasteiger partial charge in [-0.1, -0.05) is 23.7 Å². The number of carbonyl (C=O) groups is 3. The minimum Gasteiger partial charge on any atom is -0.492 e. The summed E-state index contributed by atoms with van der Waals surface area (Å²) >= 11 is 5.76. The molecule has 0 aliphatic carbocycles. The number of nitrogens with one attached hydrogen (secondary N) is 2. The molecule has 0 fully saturated rings. The topological polar surface area (TPSA) is 93.7 Å². The Morgan fingerprint density at radius 3 is 2.43 bits per heavy atom. The van der Waals surface area contributed by atoms with Crippen LogP contribution in [0.2, 0.25) is 5.02 Å². The van der Waals surface area contributed by atoms with Crippen LogP contribution in [0.15, 0.2) is 48.5 Å². The molecule has 2 aromatic carbocycles. The molecule has 0 aromatic heterocycles. The van der Waals surface area contributed by atoms with Crippen LogP contribution in [0.25, 0.3) is 0 Å². The maximum atomic E-state index is 12.3. The number of esters is 1. The number of halogens is 1. The van der Waals surface area contributed by atoms with Gasteiger partial charge < -0.3 is 20.1 Å². The van der Waals surface area contributed by atoms with E-state index in [9.17, 15) is 14.4 Å². The number of benzene rings is 2. The highest BCUT2D eigenvalue weighted by Gasteiger charge is 2.19. The van der Waals surface area contributed by atoms with E-state index >= 15 is 0 Å². The zero-order valence-electron chi connectivity index (χ0n) is 15.5. The lowest BCUT2D eigenvalue weighted by Crippen LogP contribution is -2.35. The first kappa shape index (κ1) is 21.2. The summed E-state index contributed by atoms with van der Waals surface area (Å²) in [6, 6.07) is 13.2. The smallest absolute Gasteiger partial charge is 0.326 e. The van der Waals surface area contributed by atoms with Crippen LogP contribution in [0.5, 0.6) is 5.75 Å². The lowest BCUT2D eigenvalue weighted by molar-refractivity contribution is -0.152. The van der Waals surface area contributed by atoms with Crippen molar-refractivity contribution >= 4 is 35.1 Å². The summed E-state index contributed by atoms with van der Waals surface area (Å²) in [5.74, 6) is -1.17. The van der Waals surface area contributed by atoms with Crippen LogP contribution in [0.4, 0.5) is 5.69 Å². The summed E-state index contributed by atoms with van der Waals surface area (Å²) in [4.78, 5) is 36.1. The normalized spacial score (nSPS) is 11.2. The molecule has 0 bridgehead atoms. The van der Waals surface area contributed by atoms with Crippen LogP contribution in [0, 0.1) is 0 Å². The maximum absolute atomic E-state index is 12.3. The molecule has 2 aromatic rings. The van der Waals surface area contributed by atoms with Crippen molar-refractivity contribution in [1.29, 1.82) is 0 Å². The first-order valence-electron chi connectivity index (χ1n) is 8.66. The Kier molecular flexibility index (Phi) is 7.83. The van der Waals surface area contributed by atoms with Gasteiger partial charge in [-0.3, -0.25) is 14.4 Å². The summed E-state index contributed by atoms with van der Waals surface area (Å²) in [6.45, 7) is 3.36. The van der Waals surface area contributed by atoms with E-state index in [1.165, 1.54) is 19.1 Å². The van der Waals surface area contributed by atoms with Crippen molar-refractivity contribution in [2.75, 3.05) is 18.5 Å². The second-order valence-corrected chi connectivity index (χ2v) is 6.18. The van der Waals surface area contributed by atoms with Crippen molar-refractivity contribution in [3.05, 3.63) is 59.1 Å². The highest BCUT2D eigenvalue weighted by molar-refractivity contribution is 6.30. The summed E-state index contributed by atoms with van der Waals surface area (Å²) in [5, 5.41) is 5.59. The van der Waals surface area contributed by atoms with Crippen LogP contribution in [0.3, 0.4) is 0 Å². The van der Waals surface area contributed by atoms with E-state index in [1.807, 2.05) is 6.92 Å². The van der Waals surface area contributed by atoms with Crippen molar-refractivity contribution in [2.45, 2.75) is 20.0 Å². The highest BCUT2D eigenvalue weighted by Crippen LogP contribution is 2.23. The molecular formula is C20H21ClN2O5. The number of hydrogen-bond donors (Lipinski definition) is 2. The molecule has 148 valence electrons. The monoisotopic (exact) mass is 404 g/mol. The third-order valence-corrected chi connectivity index (χ3v) is 3.87. The molecule has 0 heterocycles. The van der Waals surface area contributed by atoms with Crippen LogP contribution in [0.1, 0.15) is 24.2 Å². The van der Waals surface area contributed by atoms with Crippen LogP contribution >= 0.6 is 11.6 Å².